The first kappa shape index (κ1) is 11.7. The first-order valence-corrected chi connectivity index (χ1v) is 5.47. The Morgan fingerprint density at radius 2 is 2.24 bits per heavy atom. The number of anilines is 1. The van der Waals surface area contributed by atoms with Gasteiger partial charge in [0.1, 0.15) is 0 Å². The Bertz CT molecular complexity index is 466. The van der Waals surface area contributed by atoms with Crippen LogP contribution < -0.4 is 5.73 Å². The van der Waals surface area contributed by atoms with Crippen LogP contribution in [0.25, 0.3) is 5.57 Å². The van der Waals surface area contributed by atoms with Crippen molar-refractivity contribution in [1.82, 2.24) is 0 Å². The molecule has 0 fully saturated rings. The van der Waals surface area contributed by atoms with E-state index in [1.165, 1.54) is 7.11 Å². The lowest BCUT2D eigenvalue weighted by Gasteiger charge is -2.15. The Hall–Kier alpha value is -1.81. The molecule has 1 aliphatic rings. The second kappa shape index (κ2) is 5.01. The maximum atomic E-state index is 11.5. The summed E-state index contributed by atoms with van der Waals surface area (Å²) in [5.41, 5.74) is 8.97. The minimum Gasteiger partial charge on any atom is -0.465 e. The van der Waals surface area contributed by atoms with E-state index in [0.717, 1.165) is 17.6 Å². The van der Waals surface area contributed by atoms with E-state index < -0.39 is 0 Å². The predicted molar refractivity (Wildman–Crippen MR) is 65.6 cm³/mol. The van der Waals surface area contributed by atoms with Gasteiger partial charge in [-0.15, -0.1) is 0 Å². The Morgan fingerprint density at radius 1 is 1.41 bits per heavy atom. The van der Waals surface area contributed by atoms with E-state index in [4.69, 9.17) is 15.2 Å². The van der Waals surface area contributed by atoms with Crippen molar-refractivity contribution in [3.8, 4) is 0 Å². The minimum absolute atomic E-state index is 0.369. The summed E-state index contributed by atoms with van der Waals surface area (Å²) in [6.07, 6.45) is 2.85. The average Bonchev–Trinajstić information content (AvgIpc) is 2.38. The van der Waals surface area contributed by atoms with Gasteiger partial charge in [0.05, 0.1) is 25.9 Å². The van der Waals surface area contributed by atoms with Gasteiger partial charge in [0.15, 0.2) is 0 Å². The predicted octanol–water partition coefficient (Wildman–Crippen LogP) is 1.86. The quantitative estimate of drug-likeness (QED) is 0.625. The van der Waals surface area contributed by atoms with Crippen LogP contribution in [0.2, 0.25) is 0 Å². The highest BCUT2D eigenvalue weighted by molar-refractivity contribution is 5.92. The maximum absolute atomic E-state index is 11.5. The minimum atomic E-state index is -0.369. The van der Waals surface area contributed by atoms with E-state index in [-0.39, 0.29) is 5.97 Å². The second-order valence-corrected chi connectivity index (χ2v) is 3.89. The molecular formula is C13H15NO3. The van der Waals surface area contributed by atoms with Crippen LogP contribution in [0.1, 0.15) is 22.3 Å². The number of hydrogen-bond acceptors (Lipinski definition) is 4. The van der Waals surface area contributed by atoms with Gasteiger partial charge in [-0.25, -0.2) is 4.79 Å². The first-order chi connectivity index (χ1) is 8.20. The third-order valence-electron chi connectivity index (χ3n) is 2.71. The topological polar surface area (TPSA) is 61.5 Å². The summed E-state index contributed by atoms with van der Waals surface area (Å²) < 4.78 is 9.95. The molecule has 0 bridgehead atoms. The van der Waals surface area contributed by atoms with Crippen LogP contribution in [0.4, 0.5) is 5.69 Å². The van der Waals surface area contributed by atoms with E-state index in [9.17, 15) is 4.79 Å². The number of ether oxygens (including phenoxy) is 2. The molecule has 0 aromatic heterocycles. The number of esters is 1. The van der Waals surface area contributed by atoms with Crippen LogP contribution in [-0.4, -0.2) is 26.3 Å². The number of nitrogens with two attached hydrogens (primary N) is 1. The molecule has 0 unspecified atom stereocenters. The third kappa shape index (κ3) is 2.65. The van der Waals surface area contributed by atoms with Crippen molar-refractivity contribution in [3.05, 3.63) is 35.4 Å². The molecule has 0 atom stereocenters. The number of nitrogen functional groups attached to an aromatic ring is 1. The molecule has 2 rings (SSSR count). The molecule has 0 spiro atoms. The number of carbonyl (C=O) groups is 1. The summed E-state index contributed by atoms with van der Waals surface area (Å²) >= 11 is 0. The summed E-state index contributed by atoms with van der Waals surface area (Å²) in [4.78, 5) is 11.5. The molecule has 1 heterocycles. The van der Waals surface area contributed by atoms with E-state index in [2.05, 4.69) is 0 Å². The molecule has 0 amide bonds. The van der Waals surface area contributed by atoms with Gasteiger partial charge >= 0.3 is 5.97 Å². The average molecular weight is 233 g/mol. The summed E-state index contributed by atoms with van der Waals surface area (Å²) in [5.74, 6) is -0.369. The summed E-state index contributed by atoms with van der Waals surface area (Å²) in [6.45, 7) is 1.31. The molecule has 4 heteroatoms. The highest BCUT2D eigenvalue weighted by Crippen LogP contribution is 2.24. The van der Waals surface area contributed by atoms with Gasteiger partial charge < -0.3 is 15.2 Å². The highest BCUT2D eigenvalue weighted by atomic mass is 16.5. The zero-order valence-electron chi connectivity index (χ0n) is 9.73. The second-order valence-electron chi connectivity index (χ2n) is 3.89. The van der Waals surface area contributed by atoms with Crippen molar-refractivity contribution in [1.29, 1.82) is 0 Å². The number of methoxy groups -OCH3 is 1. The molecule has 90 valence electrons. The number of carbonyl (C=O) groups excluding carboxylic acids is 1. The number of hydrogen-bond donors (Lipinski definition) is 1. The standard InChI is InChI=1S/C13H15NO3/c1-16-13(15)11-6-10(7-12(14)8-11)9-2-4-17-5-3-9/h2,6-8H,3-5,14H2,1H3. The van der Waals surface area contributed by atoms with E-state index in [1.54, 1.807) is 12.1 Å². The van der Waals surface area contributed by atoms with Crippen molar-refractivity contribution >= 4 is 17.2 Å². The van der Waals surface area contributed by atoms with Gasteiger partial charge in [0.2, 0.25) is 0 Å². The smallest absolute Gasteiger partial charge is 0.337 e. The van der Waals surface area contributed by atoms with Crippen LogP contribution in [0.15, 0.2) is 24.3 Å². The van der Waals surface area contributed by atoms with Gasteiger partial charge in [-0.2, -0.15) is 0 Å². The van der Waals surface area contributed by atoms with Gasteiger partial charge in [-0.1, -0.05) is 6.08 Å². The maximum Gasteiger partial charge on any atom is 0.337 e. The van der Waals surface area contributed by atoms with Crippen LogP contribution in [0.5, 0.6) is 0 Å². The number of benzene rings is 1. The normalized spacial score (nSPS) is 15.2. The fraction of sp³-hybridized carbons (Fsp3) is 0.308. The fourth-order valence-electron chi connectivity index (χ4n) is 1.86. The van der Waals surface area contributed by atoms with Crippen LogP contribution in [-0.2, 0) is 9.47 Å². The summed E-state index contributed by atoms with van der Waals surface area (Å²) in [5, 5.41) is 0. The zero-order valence-corrected chi connectivity index (χ0v) is 9.73. The Balaban J connectivity index is 2.37. The summed E-state index contributed by atoms with van der Waals surface area (Å²) in [7, 11) is 1.36. The molecule has 17 heavy (non-hydrogen) atoms. The molecular weight excluding hydrogens is 218 g/mol. The Morgan fingerprint density at radius 3 is 2.88 bits per heavy atom. The highest BCUT2D eigenvalue weighted by Gasteiger charge is 2.11. The first-order valence-electron chi connectivity index (χ1n) is 5.47. The van der Waals surface area contributed by atoms with Gasteiger partial charge in [-0.05, 0) is 35.8 Å². The van der Waals surface area contributed by atoms with Crippen molar-refractivity contribution in [2.24, 2.45) is 0 Å². The van der Waals surface area contributed by atoms with Crippen LogP contribution >= 0.6 is 0 Å². The Kier molecular flexibility index (Phi) is 3.44. The van der Waals surface area contributed by atoms with Gasteiger partial charge in [-0.3, -0.25) is 0 Å². The third-order valence-corrected chi connectivity index (χ3v) is 2.71. The van der Waals surface area contributed by atoms with Crippen molar-refractivity contribution < 1.29 is 14.3 Å². The zero-order chi connectivity index (χ0) is 12.3. The van der Waals surface area contributed by atoms with Gasteiger partial charge in [0.25, 0.3) is 0 Å². The lowest BCUT2D eigenvalue weighted by Crippen LogP contribution is -2.06. The van der Waals surface area contributed by atoms with Crippen LogP contribution in [0.3, 0.4) is 0 Å². The lowest BCUT2D eigenvalue weighted by molar-refractivity contribution is 0.0601. The molecule has 0 saturated heterocycles. The molecule has 1 aliphatic heterocycles. The van der Waals surface area contributed by atoms with E-state index in [1.807, 2.05) is 12.1 Å². The molecule has 2 N–H and O–H groups in total. The van der Waals surface area contributed by atoms with Crippen molar-refractivity contribution in [2.75, 3.05) is 26.1 Å². The fourth-order valence-corrected chi connectivity index (χ4v) is 1.86. The van der Waals surface area contributed by atoms with E-state index in [0.29, 0.717) is 24.5 Å². The SMILES string of the molecule is COC(=O)c1cc(N)cc(C2=CCOCC2)c1. The summed E-state index contributed by atoms with van der Waals surface area (Å²) in [6, 6.07) is 5.29. The van der Waals surface area contributed by atoms with Crippen molar-refractivity contribution in [3.63, 3.8) is 0 Å². The molecule has 1 aromatic carbocycles. The molecule has 0 aliphatic carbocycles. The van der Waals surface area contributed by atoms with Gasteiger partial charge in [0, 0.05) is 5.69 Å². The van der Waals surface area contributed by atoms with E-state index >= 15 is 0 Å². The molecule has 4 nitrogen and oxygen atoms in total. The van der Waals surface area contributed by atoms with Crippen molar-refractivity contribution in [2.45, 2.75) is 6.42 Å². The molecule has 0 radical (unpaired) electrons. The number of rotatable bonds is 2. The van der Waals surface area contributed by atoms with Crippen LogP contribution in [0, 0.1) is 0 Å². The lowest BCUT2D eigenvalue weighted by atomic mass is 9.99. The molecule has 1 aromatic rings. The molecule has 0 saturated carbocycles. The largest absolute Gasteiger partial charge is 0.465 e. The monoisotopic (exact) mass is 233 g/mol. The Labute approximate surface area is 100 Å².